The van der Waals surface area contributed by atoms with Crippen molar-refractivity contribution in [2.45, 2.75) is 13.0 Å². The Labute approximate surface area is 106 Å². The molecule has 1 unspecified atom stereocenters. The van der Waals surface area contributed by atoms with Gasteiger partial charge in [0.15, 0.2) is 0 Å². The summed E-state index contributed by atoms with van der Waals surface area (Å²) >= 11 is 0. The number of benzene rings is 1. The standard InChI is InChI=1S/C15H15NO2/c1-11-5-2-3-6-13(11)15-14(7-4-8-16-15)18-10-12-9-17-12/h2-8,12H,9-10H2,1H3. The lowest BCUT2D eigenvalue weighted by Gasteiger charge is -2.11. The van der Waals surface area contributed by atoms with Crippen molar-refractivity contribution in [2.75, 3.05) is 13.2 Å². The molecule has 1 atom stereocenters. The minimum atomic E-state index is 0.259. The van der Waals surface area contributed by atoms with Crippen molar-refractivity contribution in [3.05, 3.63) is 48.2 Å². The number of ether oxygens (including phenoxy) is 2. The zero-order valence-electron chi connectivity index (χ0n) is 10.3. The van der Waals surface area contributed by atoms with E-state index in [0.717, 1.165) is 23.6 Å². The second-order valence-electron chi connectivity index (χ2n) is 4.43. The first-order chi connectivity index (χ1) is 8.84. The van der Waals surface area contributed by atoms with Gasteiger partial charge in [-0.05, 0) is 24.6 Å². The van der Waals surface area contributed by atoms with Gasteiger partial charge in [0.05, 0.1) is 6.61 Å². The highest BCUT2D eigenvalue weighted by Gasteiger charge is 2.23. The van der Waals surface area contributed by atoms with Gasteiger partial charge in [-0.1, -0.05) is 24.3 Å². The van der Waals surface area contributed by atoms with Crippen molar-refractivity contribution >= 4 is 0 Å². The predicted molar refractivity (Wildman–Crippen MR) is 69.6 cm³/mol. The molecular formula is C15H15NO2. The lowest BCUT2D eigenvalue weighted by atomic mass is 10.0. The number of epoxide rings is 1. The molecule has 0 amide bonds. The van der Waals surface area contributed by atoms with Crippen LogP contribution in [0.5, 0.6) is 5.75 Å². The number of rotatable bonds is 4. The van der Waals surface area contributed by atoms with Gasteiger partial charge in [0.25, 0.3) is 0 Å². The summed E-state index contributed by atoms with van der Waals surface area (Å²) in [6.45, 7) is 3.49. The second-order valence-corrected chi connectivity index (χ2v) is 4.43. The number of hydrogen-bond donors (Lipinski definition) is 0. The minimum absolute atomic E-state index is 0.259. The Morgan fingerprint density at radius 3 is 2.89 bits per heavy atom. The zero-order chi connectivity index (χ0) is 12.4. The Morgan fingerprint density at radius 2 is 2.11 bits per heavy atom. The fourth-order valence-electron chi connectivity index (χ4n) is 1.89. The Hall–Kier alpha value is -1.87. The van der Waals surface area contributed by atoms with Crippen LogP contribution in [0.3, 0.4) is 0 Å². The fraction of sp³-hybridized carbons (Fsp3) is 0.267. The summed E-state index contributed by atoms with van der Waals surface area (Å²) in [6.07, 6.45) is 2.05. The summed E-state index contributed by atoms with van der Waals surface area (Å²) in [4.78, 5) is 4.44. The third kappa shape index (κ3) is 2.36. The summed E-state index contributed by atoms with van der Waals surface area (Å²) in [5.74, 6) is 0.822. The van der Waals surface area contributed by atoms with E-state index in [2.05, 4.69) is 24.0 Å². The molecule has 0 saturated carbocycles. The molecule has 1 fully saturated rings. The van der Waals surface area contributed by atoms with Crippen LogP contribution in [-0.4, -0.2) is 24.3 Å². The van der Waals surface area contributed by atoms with Crippen LogP contribution in [-0.2, 0) is 4.74 Å². The van der Waals surface area contributed by atoms with Crippen molar-refractivity contribution < 1.29 is 9.47 Å². The molecule has 0 bridgehead atoms. The van der Waals surface area contributed by atoms with Gasteiger partial charge in [-0.2, -0.15) is 0 Å². The van der Waals surface area contributed by atoms with Crippen molar-refractivity contribution in [1.29, 1.82) is 0 Å². The summed E-state index contributed by atoms with van der Waals surface area (Å²) in [5.41, 5.74) is 3.21. The highest BCUT2D eigenvalue weighted by Crippen LogP contribution is 2.30. The Morgan fingerprint density at radius 1 is 1.28 bits per heavy atom. The summed E-state index contributed by atoms with van der Waals surface area (Å²) in [7, 11) is 0. The molecule has 0 radical (unpaired) electrons. The molecule has 2 heterocycles. The van der Waals surface area contributed by atoms with Crippen LogP contribution in [0.1, 0.15) is 5.56 Å². The SMILES string of the molecule is Cc1ccccc1-c1ncccc1OCC1CO1. The Kier molecular flexibility index (Phi) is 2.99. The maximum Gasteiger partial charge on any atom is 0.145 e. The molecule has 0 spiro atoms. The second kappa shape index (κ2) is 4.78. The fourth-order valence-corrected chi connectivity index (χ4v) is 1.89. The molecule has 1 aliphatic heterocycles. The van der Waals surface area contributed by atoms with Gasteiger partial charge in [0.1, 0.15) is 24.2 Å². The number of nitrogens with zero attached hydrogens (tertiary/aromatic N) is 1. The van der Waals surface area contributed by atoms with Crippen molar-refractivity contribution in [2.24, 2.45) is 0 Å². The van der Waals surface area contributed by atoms with Crippen molar-refractivity contribution in [1.82, 2.24) is 4.98 Å². The van der Waals surface area contributed by atoms with E-state index in [1.807, 2.05) is 24.3 Å². The monoisotopic (exact) mass is 241 g/mol. The number of pyridine rings is 1. The third-order valence-electron chi connectivity index (χ3n) is 3.00. The molecule has 2 aromatic rings. The number of aryl methyl sites for hydroxylation is 1. The molecule has 1 saturated heterocycles. The van der Waals surface area contributed by atoms with E-state index in [9.17, 15) is 0 Å². The van der Waals surface area contributed by atoms with Gasteiger partial charge < -0.3 is 9.47 Å². The van der Waals surface area contributed by atoms with Gasteiger partial charge >= 0.3 is 0 Å². The quantitative estimate of drug-likeness (QED) is 0.772. The first-order valence-corrected chi connectivity index (χ1v) is 6.10. The highest BCUT2D eigenvalue weighted by atomic mass is 16.6. The molecule has 0 N–H and O–H groups in total. The summed E-state index contributed by atoms with van der Waals surface area (Å²) < 4.78 is 10.9. The first kappa shape index (κ1) is 11.2. The molecule has 18 heavy (non-hydrogen) atoms. The van der Waals surface area contributed by atoms with Gasteiger partial charge in [-0.3, -0.25) is 4.98 Å². The van der Waals surface area contributed by atoms with Crippen LogP contribution >= 0.6 is 0 Å². The average Bonchev–Trinajstić information content (AvgIpc) is 3.22. The lowest BCUT2D eigenvalue weighted by Crippen LogP contribution is -2.05. The molecule has 3 nitrogen and oxygen atoms in total. The Balaban J connectivity index is 1.92. The average molecular weight is 241 g/mol. The van der Waals surface area contributed by atoms with Crippen LogP contribution in [0.25, 0.3) is 11.3 Å². The van der Waals surface area contributed by atoms with Crippen molar-refractivity contribution in [3.8, 4) is 17.0 Å². The van der Waals surface area contributed by atoms with E-state index in [-0.39, 0.29) is 6.10 Å². The van der Waals surface area contributed by atoms with Crippen LogP contribution in [0.4, 0.5) is 0 Å². The molecule has 0 aliphatic carbocycles. The molecule has 92 valence electrons. The first-order valence-electron chi connectivity index (χ1n) is 6.10. The van der Waals surface area contributed by atoms with E-state index in [1.165, 1.54) is 5.56 Å². The zero-order valence-corrected chi connectivity index (χ0v) is 10.3. The van der Waals surface area contributed by atoms with Crippen LogP contribution in [0.2, 0.25) is 0 Å². The molecule has 1 aromatic carbocycles. The van der Waals surface area contributed by atoms with E-state index >= 15 is 0 Å². The van der Waals surface area contributed by atoms with Gasteiger partial charge in [0, 0.05) is 11.8 Å². The molecule has 3 rings (SSSR count). The lowest BCUT2D eigenvalue weighted by molar-refractivity contribution is 0.263. The Bertz CT molecular complexity index is 550. The van der Waals surface area contributed by atoms with E-state index in [4.69, 9.17) is 9.47 Å². The van der Waals surface area contributed by atoms with E-state index in [0.29, 0.717) is 6.61 Å². The van der Waals surface area contributed by atoms with Crippen LogP contribution in [0.15, 0.2) is 42.6 Å². The van der Waals surface area contributed by atoms with E-state index in [1.54, 1.807) is 6.20 Å². The van der Waals surface area contributed by atoms with E-state index < -0.39 is 0 Å². The van der Waals surface area contributed by atoms with Crippen LogP contribution in [0, 0.1) is 6.92 Å². The maximum absolute atomic E-state index is 5.78. The predicted octanol–water partition coefficient (Wildman–Crippen LogP) is 2.83. The largest absolute Gasteiger partial charge is 0.488 e. The molecule has 1 aliphatic rings. The maximum atomic E-state index is 5.78. The molecule has 1 aromatic heterocycles. The van der Waals surface area contributed by atoms with Crippen molar-refractivity contribution in [3.63, 3.8) is 0 Å². The summed E-state index contributed by atoms with van der Waals surface area (Å²) in [6, 6.07) is 12.0. The van der Waals surface area contributed by atoms with Crippen LogP contribution < -0.4 is 4.74 Å². The number of aromatic nitrogens is 1. The van der Waals surface area contributed by atoms with Gasteiger partial charge in [-0.15, -0.1) is 0 Å². The van der Waals surface area contributed by atoms with Gasteiger partial charge in [-0.25, -0.2) is 0 Å². The highest BCUT2D eigenvalue weighted by molar-refractivity contribution is 5.69. The number of hydrogen-bond acceptors (Lipinski definition) is 3. The normalized spacial score (nSPS) is 17.5. The minimum Gasteiger partial charge on any atom is -0.488 e. The topological polar surface area (TPSA) is 34.6 Å². The third-order valence-corrected chi connectivity index (χ3v) is 3.00. The molecule has 3 heteroatoms. The van der Waals surface area contributed by atoms with Gasteiger partial charge in [0.2, 0.25) is 0 Å². The molecular weight excluding hydrogens is 226 g/mol. The smallest absolute Gasteiger partial charge is 0.145 e. The summed E-state index contributed by atoms with van der Waals surface area (Å²) in [5, 5.41) is 0.